The lowest BCUT2D eigenvalue weighted by molar-refractivity contribution is -0.141. The van der Waals surface area contributed by atoms with Crippen LogP contribution < -0.4 is 19.1 Å². The van der Waals surface area contributed by atoms with E-state index in [1.807, 2.05) is 0 Å². The van der Waals surface area contributed by atoms with Crippen molar-refractivity contribution in [2.24, 2.45) is 0 Å². The van der Waals surface area contributed by atoms with Gasteiger partial charge in [-0.05, 0) is 48.4 Å². The van der Waals surface area contributed by atoms with Gasteiger partial charge in [-0.15, -0.1) is 0 Å². The van der Waals surface area contributed by atoms with Crippen molar-refractivity contribution in [1.29, 1.82) is 0 Å². The number of hydrogen-bond donors (Lipinski definition) is 2. The van der Waals surface area contributed by atoms with E-state index in [1.54, 1.807) is 6.07 Å². The molecule has 8 nitrogen and oxygen atoms in total. The van der Waals surface area contributed by atoms with Crippen LogP contribution in [-0.2, 0) is 28.4 Å². The fourth-order valence-electron chi connectivity index (χ4n) is 3.61. The van der Waals surface area contributed by atoms with E-state index in [4.69, 9.17) is 9.47 Å². The third-order valence-electron chi connectivity index (χ3n) is 5.81. The lowest BCUT2D eigenvalue weighted by Crippen LogP contribution is -2.28. The molecule has 2 aromatic carbocycles. The van der Waals surface area contributed by atoms with Gasteiger partial charge < -0.3 is 14.8 Å². The number of carbonyl (C=O) groups excluding carboxylic acids is 1. The minimum absolute atomic E-state index is 0.0323. The van der Waals surface area contributed by atoms with E-state index in [2.05, 4.69) is 10.3 Å². The average molecular weight is 556 g/mol. The van der Waals surface area contributed by atoms with E-state index >= 15 is 0 Å². The number of hydrogen-bond acceptors (Lipinski definition) is 6. The second kappa shape index (κ2) is 11.7. The van der Waals surface area contributed by atoms with Crippen LogP contribution in [-0.4, -0.2) is 40.6 Å². The third kappa shape index (κ3) is 6.52. The van der Waals surface area contributed by atoms with Gasteiger partial charge >= 0.3 is 6.18 Å². The molecule has 0 radical (unpaired) electrons. The second-order valence-electron chi connectivity index (χ2n) is 8.22. The molecule has 1 amide bonds. The summed E-state index contributed by atoms with van der Waals surface area (Å²) in [5.41, 5.74) is -0.471. The summed E-state index contributed by atoms with van der Waals surface area (Å²) in [6.45, 7) is 1.34. The maximum Gasteiger partial charge on any atom is 0.433 e. The first-order valence-corrected chi connectivity index (χ1v) is 12.2. The molecule has 3 aromatic rings. The number of aromatic nitrogens is 1. The zero-order chi connectivity index (χ0) is 28.2. The Balaban J connectivity index is 1.90. The number of halogens is 4. The number of nitrogens with zero attached hydrogens (tertiary/aromatic N) is 2. The number of rotatable bonds is 9. The van der Waals surface area contributed by atoms with Crippen LogP contribution in [0.15, 0.2) is 48.5 Å². The van der Waals surface area contributed by atoms with Crippen LogP contribution in [0.1, 0.15) is 29.7 Å². The SMILES string of the molecule is COc1cc(OC)cc(-c2nc(C(F)(F)F)ccc2CNC(=O)C(C)c2ccc(N(C)[SH](=O)=O)c(F)c2)c1. The minimum atomic E-state index is -4.70. The number of amides is 1. The molecule has 1 atom stereocenters. The Hall–Kier alpha value is -3.87. The predicted molar refractivity (Wildman–Crippen MR) is 133 cm³/mol. The molecule has 1 aromatic heterocycles. The fourth-order valence-corrected chi connectivity index (χ4v) is 3.95. The van der Waals surface area contributed by atoms with Crippen molar-refractivity contribution in [1.82, 2.24) is 10.3 Å². The summed E-state index contributed by atoms with van der Waals surface area (Å²) < 4.78 is 88.2. The molecule has 0 fully saturated rings. The number of thiol groups is 1. The highest BCUT2D eigenvalue weighted by molar-refractivity contribution is 7.74. The molecule has 0 saturated heterocycles. The third-order valence-corrected chi connectivity index (χ3v) is 6.51. The maximum absolute atomic E-state index is 14.5. The van der Waals surface area contributed by atoms with Crippen molar-refractivity contribution in [2.45, 2.75) is 25.6 Å². The van der Waals surface area contributed by atoms with Crippen LogP contribution in [0.5, 0.6) is 11.5 Å². The Bertz CT molecular complexity index is 1380. The lowest BCUT2D eigenvalue weighted by Gasteiger charge is -2.18. The average Bonchev–Trinajstić information content (AvgIpc) is 2.89. The number of nitrogens with one attached hydrogen (secondary N) is 1. The van der Waals surface area contributed by atoms with Crippen molar-refractivity contribution in [3.8, 4) is 22.8 Å². The van der Waals surface area contributed by atoms with E-state index in [9.17, 15) is 30.8 Å². The Morgan fingerprint density at radius 2 is 1.68 bits per heavy atom. The summed E-state index contributed by atoms with van der Waals surface area (Å²) in [6.07, 6.45) is -4.70. The molecule has 1 N–H and O–H groups in total. The molecule has 3 rings (SSSR count). The van der Waals surface area contributed by atoms with Crippen LogP contribution in [0.3, 0.4) is 0 Å². The van der Waals surface area contributed by atoms with Gasteiger partial charge in [0.05, 0.1) is 31.5 Å². The Morgan fingerprint density at radius 3 is 2.21 bits per heavy atom. The standard InChI is InChI=1S/C25H25F4N3O5S/c1-14(15-5-7-21(20(26)11-15)32(2)38(34)35)24(33)30-13-16-6-8-22(25(27,28)29)31-23(16)17-9-18(36-3)12-19(10-17)37-4/h5-12,14,38H,13H2,1-4H3,(H,30,33). The summed E-state index contributed by atoms with van der Waals surface area (Å²) in [5, 5.41) is 2.65. The van der Waals surface area contributed by atoms with Gasteiger partial charge in [-0.1, -0.05) is 12.1 Å². The molecule has 1 heterocycles. The number of pyridine rings is 1. The molecule has 0 saturated carbocycles. The van der Waals surface area contributed by atoms with Crippen molar-refractivity contribution in [3.05, 3.63) is 71.2 Å². The van der Waals surface area contributed by atoms with Gasteiger partial charge in [-0.2, -0.15) is 13.2 Å². The van der Waals surface area contributed by atoms with Gasteiger partial charge in [0, 0.05) is 25.2 Å². The number of benzene rings is 2. The van der Waals surface area contributed by atoms with Crippen molar-refractivity contribution >= 4 is 22.5 Å². The fraction of sp³-hybridized carbons (Fsp3) is 0.280. The number of methoxy groups -OCH3 is 2. The molecular weight excluding hydrogens is 530 g/mol. The van der Waals surface area contributed by atoms with E-state index in [0.717, 1.165) is 16.4 Å². The molecule has 0 aliphatic carbocycles. The summed E-state index contributed by atoms with van der Waals surface area (Å²) in [7, 11) is 0.943. The smallest absolute Gasteiger partial charge is 0.433 e. The van der Waals surface area contributed by atoms with Gasteiger partial charge in [-0.25, -0.2) is 17.8 Å². The van der Waals surface area contributed by atoms with Gasteiger partial charge in [0.15, 0.2) is 0 Å². The molecule has 0 aliphatic rings. The topological polar surface area (TPSA) is 97.8 Å². The first-order valence-electron chi connectivity index (χ1n) is 11.1. The Labute approximate surface area is 218 Å². The van der Waals surface area contributed by atoms with Gasteiger partial charge in [0.1, 0.15) is 23.0 Å². The van der Waals surface area contributed by atoms with Gasteiger partial charge in [-0.3, -0.25) is 9.10 Å². The van der Waals surface area contributed by atoms with Crippen LogP contribution in [0.25, 0.3) is 11.3 Å². The predicted octanol–water partition coefficient (Wildman–Crippen LogP) is 4.31. The minimum Gasteiger partial charge on any atom is -0.497 e. The van der Waals surface area contributed by atoms with Crippen LogP contribution >= 0.6 is 0 Å². The zero-order valence-corrected chi connectivity index (χ0v) is 21.7. The quantitative estimate of drug-likeness (QED) is 0.302. The monoisotopic (exact) mass is 555 g/mol. The highest BCUT2D eigenvalue weighted by Gasteiger charge is 2.33. The van der Waals surface area contributed by atoms with Crippen LogP contribution in [0.4, 0.5) is 23.2 Å². The summed E-state index contributed by atoms with van der Waals surface area (Å²) >= 11 is 0. The molecule has 204 valence electrons. The number of ether oxygens (including phenoxy) is 2. The molecule has 0 aliphatic heterocycles. The largest absolute Gasteiger partial charge is 0.497 e. The van der Waals surface area contributed by atoms with Gasteiger partial charge in [0.25, 0.3) is 0 Å². The zero-order valence-electron chi connectivity index (χ0n) is 20.8. The molecule has 13 heteroatoms. The van der Waals surface area contributed by atoms with E-state index in [1.165, 1.54) is 58.5 Å². The molecule has 0 bridgehead atoms. The second-order valence-corrected chi connectivity index (χ2v) is 9.29. The summed E-state index contributed by atoms with van der Waals surface area (Å²) in [4.78, 5) is 16.7. The number of carbonyl (C=O) groups is 1. The highest BCUT2D eigenvalue weighted by atomic mass is 32.2. The maximum atomic E-state index is 14.5. The molecule has 0 spiro atoms. The lowest BCUT2D eigenvalue weighted by atomic mass is 9.99. The summed E-state index contributed by atoms with van der Waals surface area (Å²) in [6, 6.07) is 10.3. The normalized spacial score (nSPS) is 12.2. The molecule has 38 heavy (non-hydrogen) atoms. The highest BCUT2D eigenvalue weighted by Crippen LogP contribution is 2.34. The van der Waals surface area contributed by atoms with Crippen molar-refractivity contribution in [2.75, 3.05) is 25.6 Å². The van der Waals surface area contributed by atoms with Crippen molar-refractivity contribution in [3.63, 3.8) is 0 Å². The van der Waals surface area contributed by atoms with Gasteiger partial charge in [0.2, 0.25) is 16.8 Å². The Kier molecular flexibility index (Phi) is 8.82. The number of anilines is 1. The van der Waals surface area contributed by atoms with E-state index in [-0.39, 0.29) is 34.6 Å². The molecule has 1 unspecified atom stereocenters. The van der Waals surface area contributed by atoms with Crippen LogP contribution in [0, 0.1) is 5.82 Å². The van der Waals surface area contributed by atoms with Crippen molar-refractivity contribution < 1.29 is 40.2 Å². The Morgan fingerprint density at radius 1 is 1.05 bits per heavy atom. The first-order chi connectivity index (χ1) is 17.8. The molecular formula is C25H25F4N3O5S. The number of alkyl halides is 3. The summed E-state index contributed by atoms with van der Waals surface area (Å²) in [5.74, 6) is -1.55. The first kappa shape index (κ1) is 28.7. The van der Waals surface area contributed by atoms with Crippen LogP contribution in [0.2, 0.25) is 0 Å². The van der Waals surface area contributed by atoms with E-state index in [0.29, 0.717) is 11.5 Å². The van der Waals surface area contributed by atoms with E-state index < -0.39 is 40.4 Å².